The minimum Gasteiger partial charge on any atom is -0.756 e. The van der Waals surface area contributed by atoms with Crippen molar-refractivity contribution >= 4 is 54.8 Å². The Morgan fingerprint density at radius 1 is 0.375 bits per heavy atom. The van der Waals surface area contributed by atoms with Gasteiger partial charge in [-0.25, -0.2) is 0 Å². The highest BCUT2D eigenvalue weighted by molar-refractivity contribution is 7.47. The lowest BCUT2D eigenvalue weighted by atomic mass is 10.2. The third kappa shape index (κ3) is 32.4. The average Bonchev–Trinajstić information content (AvgIpc) is 3.08. The van der Waals surface area contributed by atoms with Crippen LogP contribution in [-0.2, 0) is 90.8 Å². The van der Waals surface area contributed by atoms with Gasteiger partial charge in [-0.15, -0.1) is 0 Å². The molecule has 0 aliphatic carbocycles. The molecule has 0 aliphatic heterocycles. The molecule has 0 aromatic heterocycles. The number of halogens is 2. The van der Waals surface area contributed by atoms with E-state index in [-0.39, 0.29) is 0 Å². The van der Waals surface area contributed by atoms with Crippen LogP contribution in [0.2, 0.25) is 0 Å². The van der Waals surface area contributed by atoms with E-state index in [2.05, 4.69) is 58.8 Å². The standard InChI is InChI=1S/C18H43F2O29P7/c19-11-17(13-21)14-48-55(33,34)45-9-7-43-53(29,30)41-5-3-39-51(25,26)37-1-2-38-52(27,28)40-4-6-42-54(31,32)44-8-10-46-56(35,36)49-16-18(12-20)15-47-50(22,23)24/h17-18,21H,1-16H2,(H,25,26)(H,27,28)(H,29,30)(H,31,32)(H,33,34)(H,35,36)(H2,22,23,24)/p-7. The van der Waals surface area contributed by atoms with Crippen molar-refractivity contribution in [2.75, 3.05) is 106 Å². The van der Waals surface area contributed by atoms with Gasteiger partial charge in [0, 0.05) is 11.8 Å². The Morgan fingerprint density at radius 3 is 0.768 bits per heavy atom. The van der Waals surface area contributed by atoms with Crippen molar-refractivity contribution in [2.45, 2.75) is 0 Å². The van der Waals surface area contributed by atoms with Gasteiger partial charge in [-0.3, -0.25) is 40.7 Å². The second kappa shape index (κ2) is 27.5. The van der Waals surface area contributed by atoms with Crippen LogP contribution in [0.1, 0.15) is 0 Å². The molecule has 56 heavy (non-hydrogen) atoms. The van der Waals surface area contributed by atoms with E-state index in [0.717, 1.165) is 0 Å². The molecule has 2 N–H and O–H groups in total. The van der Waals surface area contributed by atoms with Crippen LogP contribution < -0.4 is 34.3 Å². The number of rotatable bonds is 37. The second-order valence-corrected chi connectivity index (χ2v) is 19.3. The molecular formula is C18H36F2O29P7-7. The summed E-state index contributed by atoms with van der Waals surface area (Å²) in [6.45, 7) is -15.7. The number of alkyl halides is 2. The normalized spacial score (nSPS) is 21.0. The van der Waals surface area contributed by atoms with Crippen molar-refractivity contribution in [3.05, 3.63) is 0 Å². The molecule has 0 saturated heterocycles. The summed E-state index contributed by atoms with van der Waals surface area (Å²) < 4.78 is 161. The van der Waals surface area contributed by atoms with Crippen LogP contribution >= 0.6 is 54.8 Å². The van der Waals surface area contributed by atoms with Gasteiger partial charge in [0.15, 0.2) is 0 Å². The zero-order valence-electron chi connectivity index (χ0n) is 28.3. The predicted molar refractivity (Wildman–Crippen MR) is 159 cm³/mol. The summed E-state index contributed by atoms with van der Waals surface area (Å²) in [4.78, 5) is 88.8. The molecule has 0 saturated carbocycles. The van der Waals surface area contributed by atoms with Crippen LogP contribution in [0.3, 0.4) is 0 Å². The van der Waals surface area contributed by atoms with Gasteiger partial charge < -0.3 is 103 Å². The Kier molecular flexibility index (Phi) is 27.8. The van der Waals surface area contributed by atoms with Gasteiger partial charge in [0.2, 0.25) is 0 Å². The topological polar surface area (TPSA) is 441 Å². The van der Waals surface area contributed by atoms with E-state index < -0.39 is 172 Å². The summed E-state index contributed by atoms with van der Waals surface area (Å²) in [5.74, 6) is -2.61. The maximum Gasteiger partial charge on any atom is 0.268 e. The number of hydrogen-bond acceptors (Lipinski definition) is 28. The van der Waals surface area contributed by atoms with Crippen LogP contribution in [-0.4, -0.2) is 116 Å². The molecule has 0 amide bonds. The van der Waals surface area contributed by atoms with Crippen LogP contribution in [0, 0.1) is 11.8 Å². The largest absolute Gasteiger partial charge is 0.756 e. The number of aliphatic hydroxyl groups excluding tert-OH is 1. The minimum absolute atomic E-state index is 0.719. The van der Waals surface area contributed by atoms with E-state index in [1.165, 1.54) is 0 Å². The molecule has 0 heterocycles. The summed E-state index contributed by atoms with van der Waals surface area (Å²) in [5.41, 5.74) is 0. The maximum atomic E-state index is 12.8. The Hall–Kier alpha value is 0.590. The summed E-state index contributed by atoms with van der Waals surface area (Å²) in [5, 5.41) is 8.77. The summed E-state index contributed by atoms with van der Waals surface area (Å²) in [6.07, 6.45) is 0. The lowest BCUT2D eigenvalue weighted by molar-refractivity contribution is -0.238. The molecule has 0 radical (unpaired) electrons. The van der Waals surface area contributed by atoms with Gasteiger partial charge in [0.05, 0.1) is 106 Å². The molecule has 0 spiro atoms. The molecule has 9 atom stereocenters. The van der Waals surface area contributed by atoms with E-state index >= 15 is 0 Å². The predicted octanol–water partition coefficient (Wildman–Crippen LogP) is -3.36. The van der Waals surface area contributed by atoms with E-state index in [0.29, 0.717) is 0 Å². The van der Waals surface area contributed by atoms with E-state index in [1.807, 2.05) is 0 Å². The Bertz CT molecular complexity index is 1450. The van der Waals surface area contributed by atoms with Gasteiger partial charge in [0.1, 0.15) is 0 Å². The third-order valence-corrected chi connectivity index (χ3v) is 11.4. The van der Waals surface area contributed by atoms with Crippen molar-refractivity contribution in [3.63, 3.8) is 0 Å². The van der Waals surface area contributed by atoms with Crippen LogP contribution in [0.25, 0.3) is 0 Å². The van der Waals surface area contributed by atoms with E-state index in [1.54, 1.807) is 0 Å². The van der Waals surface area contributed by atoms with Crippen LogP contribution in [0.4, 0.5) is 8.78 Å². The van der Waals surface area contributed by atoms with Crippen LogP contribution in [0.15, 0.2) is 0 Å². The maximum absolute atomic E-state index is 12.8. The minimum atomic E-state index is -5.23. The van der Waals surface area contributed by atoms with Gasteiger partial charge in [-0.05, 0) is 0 Å². The third-order valence-electron chi connectivity index (χ3n) is 5.02. The van der Waals surface area contributed by atoms with Gasteiger partial charge in [-0.2, -0.15) is 0 Å². The molecule has 0 aromatic carbocycles. The zero-order chi connectivity index (χ0) is 43.2. The van der Waals surface area contributed by atoms with Crippen molar-refractivity contribution in [1.82, 2.24) is 0 Å². The average molecular weight is 971 g/mol. The molecule has 9 unspecified atom stereocenters. The molecule has 29 nitrogen and oxygen atoms in total. The molecule has 0 rings (SSSR count). The molecule has 0 aliphatic rings. The molecule has 0 bridgehead atoms. The number of hydrogen-bond donors (Lipinski definition) is 2. The van der Waals surface area contributed by atoms with E-state index in [9.17, 15) is 75.0 Å². The fourth-order valence-corrected chi connectivity index (χ4v) is 7.21. The highest BCUT2D eigenvalue weighted by Gasteiger charge is 2.20. The first-order valence-corrected chi connectivity index (χ1v) is 24.9. The van der Waals surface area contributed by atoms with Gasteiger partial charge in [0.25, 0.3) is 54.8 Å². The highest BCUT2D eigenvalue weighted by atomic mass is 31.2. The first kappa shape index (κ1) is 56.6. The lowest BCUT2D eigenvalue weighted by Crippen LogP contribution is -2.21. The van der Waals surface area contributed by atoms with Crippen molar-refractivity contribution in [3.8, 4) is 0 Å². The number of aliphatic hydroxyl groups is 1. The fourth-order valence-electron chi connectivity index (χ4n) is 2.59. The van der Waals surface area contributed by atoms with Crippen LogP contribution in [0.5, 0.6) is 0 Å². The smallest absolute Gasteiger partial charge is 0.268 e. The molecular weight excluding hydrogens is 935 g/mol. The Balaban J connectivity index is 4.23. The van der Waals surface area contributed by atoms with Gasteiger partial charge >= 0.3 is 0 Å². The summed E-state index contributed by atoms with van der Waals surface area (Å²) in [7, 11) is -36.2. The Labute approximate surface area is 316 Å². The molecule has 38 heteroatoms. The van der Waals surface area contributed by atoms with Gasteiger partial charge in [-0.1, -0.05) is 0 Å². The van der Waals surface area contributed by atoms with Crippen molar-refractivity contribution < 1.29 is 144 Å². The fraction of sp³-hybridized carbons (Fsp3) is 1.00. The zero-order valence-corrected chi connectivity index (χ0v) is 34.5. The summed E-state index contributed by atoms with van der Waals surface area (Å²) >= 11 is 0. The summed E-state index contributed by atoms with van der Waals surface area (Å²) in [6, 6.07) is 0. The first-order chi connectivity index (χ1) is 25.7. The van der Waals surface area contributed by atoms with Crippen molar-refractivity contribution in [2.24, 2.45) is 11.8 Å². The molecule has 338 valence electrons. The lowest BCUT2D eigenvalue weighted by Gasteiger charge is -2.27. The monoisotopic (exact) mass is 971 g/mol. The van der Waals surface area contributed by atoms with E-state index in [4.69, 9.17) is 10.00 Å². The highest BCUT2D eigenvalue weighted by Crippen LogP contribution is 2.44. The number of phosphoric acid groups is 7. The second-order valence-electron chi connectivity index (χ2n) is 9.59. The first-order valence-electron chi connectivity index (χ1n) is 14.7. The molecule has 0 aromatic rings. The quantitative estimate of drug-likeness (QED) is 0.0453. The number of phosphoric ester groups is 7. The van der Waals surface area contributed by atoms with Crippen molar-refractivity contribution in [1.29, 1.82) is 0 Å². The Morgan fingerprint density at radius 2 is 0.571 bits per heavy atom. The SMILES string of the molecule is O=P([O-])(O)OCC(CF)COP(=O)([O-])OCCOP(=O)([O-])OCCOP(=O)([O-])OCCOP(=O)([O-])OCCOP(=O)([O-])OCCOP(=O)([O-])OCC(CO)CF. The molecule has 0 fully saturated rings.